The number of fused-ring (bicyclic) bond motifs is 1. The SMILES string of the molecule is COc1ccc2cncc(Br)c2n1. The van der Waals surface area contributed by atoms with Crippen LogP contribution in [0.4, 0.5) is 0 Å². The Kier molecular flexibility index (Phi) is 2.14. The van der Waals surface area contributed by atoms with Gasteiger partial charge in [-0.2, -0.15) is 0 Å². The Morgan fingerprint density at radius 2 is 2.15 bits per heavy atom. The van der Waals surface area contributed by atoms with Gasteiger partial charge in [0.05, 0.1) is 17.1 Å². The Morgan fingerprint density at radius 3 is 2.92 bits per heavy atom. The van der Waals surface area contributed by atoms with E-state index in [0.717, 1.165) is 15.4 Å². The predicted octanol–water partition coefficient (Wildman–Crippen LogP) is 2.40. The average Bonchev–Trinajstić information content (AvgIpc) is 2.18. The van der Waals surface area contributed by atoms with Crippen molar-refractivity contribution in [3.63, 3.8) is 0 Å². The molecule has 13 heavy (non-hydrogen) atoms. The van der Waals surface area contributed by atoms with E-state index in [1.807, 2.05) is 12.1 Å². The first-order chi connectivity index (χ1) is 6.31. The molecule has 4 heteroatoms. The summed E-state index contributed by atoms with van der Waals surface area (Å²) in [4.78, 5) is 8.32. The average molecular weight is 239 g/mol. The van der Waals surface area contributed by atoms with E-state index in [0.29, 0.717) is 5.88 Å². The van der Waals surface area contributed by atoms with E-state index in [1.165, 1.54) is 0 Å². The molecule has 0 saturated carbocycles. The molecule has 2 heterocycles. The van der Waals surface area contributed by atoms with E-state index in [2.05, 4.69) is 25.9 Å². The van der Waals surface area contributed by atoms with Crippen LogP contribution in [-0.4, -0.2) is 17.1 Å². The summed E-state index contributed by atoms with van der Waals surface area (Å²) in [5.41, 5.74) is 0.870. The van der Waals surface area contributed by atoms with Crippen LogP contribution in [-0.2, 0) is 0 Å². The number of methoxy groups -OCH3 is 1. The van der Waals surface area contributed by atoms with Gasteiger partial charge in [0.25, 0.3) is 0 Å². The van der Waals surface area contributed by atoms with E-state index in [9.17, 15) is 0 Å². The zero-order valence-corrected chi connectivity index (χ0v) is 8.58. The van der Waals surface area contributed by atoms with E-state index in [-0.39, 0.29) is 0 Å². The molecule has 0 N–H and O–H groups in total. The number of hydrogen-bond acceptors (Lipinski definition) is 3. The van der Waals surface area contributed by atoms with Gasteiger partial charge in [-0.25, -0.2) is 4.98 Å². The number of pyridine rings is 2. The van der Waals surface area contributed by atoms with Crippen molar-refractivity contribution >= 4 is 26.8 Å². The zero-order valence-electron chi connectivity index (χ0n) is 6.99. The topological polar surface area (TPSA) is 35.0 Å². The van der Waals surface area contributed by atoms with Gasteiger partial charge in [-0.1, -0.05) is 0 Å². The minimum Gasteiger partial charge on any atom is -0.481 e. The third kappa shape index (κ3) is 1.49. The zero-order chi connectivity index (χ0) is 9.26. The number of rotatable bonds is 1. The van der Waals surface area contributed by atoms with Gasteiger partial charge < -0.3 is 4.74 Å². The Morgan fingerprint density at radius 1 is 1.31 bits per heavy atom. The molecule has 0 radical (unpaired) electrons. The third-order valence-electron chi connectivity index (χ3n) is 1.74. The van der Waals surface area contributed by atoms with Crippen LogP contribution in [0.3, 0.4) is 0 Å². The molecule has 3 nitrogen and oxygen atoms in total. The van der Waals surface area contributed by atoms with Crippen molar-refractivity contribution in [3.8, 4) is 5.88 Å². The highest BCUT2D eigenvalue weighted by Gasteiger charge is 2.01. The molecule has 0 spiro atoms. The number of ether oxygens (including phenoxy) is 1. The van der Waals surface area contributed by atoms with E-state index in [4.69, 9.17) is 4.74 Å². The molecule has 0 saturated heterocycles. The van der Waals surface area contributed by atoms with Gasteiger partial charge in [0, 0.05) is 23.8 Å². The van der Waals surface area contributed by atoms with Crippen LogP contribution < -0.4 is 4.74 Å². The van der Waals surface area contributed by atoms with Gasteiger partial charge in [0.1, 0.15) is 0 Å². The van der Waals surface area contributed by atoms with E-state index in [1.54, 1.807) is 19.5 Å². The first kappa shape index (κ1) is 8.44. The van der Waals surface area contributed by atoms with Crippen molar-refractivity contribution in [1.29, 1.82) is 0 Å². The summed E-state index contributed by atoms with van der Waals surface area (Å²) in [6, 6.07) is 3.75. The third-order valence-corrected chi connectivity index (χ3v) is 2.32. The van der Waals surface area contributed by atoms with Crippen LogP contribution in [0.5, 0.6) is 5.88 Å². The van der Waals surface area contributed by atoms with Crippen molar-refractivity contribution < 1.29 is 4.74 Å². The Balaban J connectivity index is 2.74. The highest BCUT2D eigenvalue weighted by Crippen LogP contribution is 2.22. The standard InChI is InChI=1S/C9H7BrN2O/c1-13-8-3-2-6-4-11-5-7(10)9(6)12-8/h2-5H,1H3. The summed E-state index contributed by atoms with van der Waals surface area (Å²) >= 11 is 3.38. The maximum atomic E-state index is 5.02. The fourth-order valence-corrected chi connectivity index (χ4v) is 1.54. The van der Waals surface area contributed by atoms with Crippen LogP contribution >= 0.6 is 15.9 Å². The van der Waals surface area contributed by atoms with Crippen molar-refractivity contribution in [3.05, 3.63) is 29.0 Å². The van der Waals surface area contributed by atoms with Crippen molar-refractivity contribution in [2.75, 3.05) is 7.11 Å². The smallest absolute Gasteiger partial charge is 0.213 e. The van der Waals surface area contributed by atoms with E-state index < -0.39 is 0 Å². The Labute approximate surface area is 83.9 Å². The van der Waals surface area contributed by atoms with Gasteiger partial charge in [-0.05, 0) is 22.0 Å². The Hall–Kier alpha value is -1.16. The molecule has 0 fully saturated rings. The first-order valence-corrected chi connectivity index (χ1v) is 4.55. The van der Waals surface area contributed by atoms with Crippen LogP contribution in [0.25, 0.3) is 10.9 Å². The molecule has 0 aliphatic rings. The second kappa shape index (κ2) is 3.30. The summed E-state index contributed by atoms with van der Waals surface area (Å²) in [5, 5.41) is 0.996. The van der Waals surface area contributed by atoms with Gasteiger partial charge >= 0.3 is 0 Å². The quantitative estimate of drug-likeness (QED) is 0.766. The molecule has 0 aromatic carbocycles. The molecule has 0 unspecified atom stereocenters. The lowest BCUT2D eigenvalue weighted by molar-refractivity contribution is 0.399. The van der Waals surface area contributed by atoms with Crippen molar-refractivity contribution in [2.24, 2.45) is 0 Å². The second-order valence-electron chi connectivity index (χ2n) is 2.55. The van der Waals surface area contributed by atoms with Crippen LogP contribution in [0.15, 0.2) is 29.0 Å². The lowest BCUT2D eigenvalue weighted by atomic mass is 10.3. The molecular formula is C9H7BrN2O. The molecule has 66 valence electrons. The fraction of sp³-hybridized carbons (Fsp3) is 0.111. The molecular weight excluding hydrogens is 232 g/mol. The Bertz CT molecular complexity index is 445. The summed E-state index contributed by atoms with van der Waals surface area (Å²) < 4.78 is 5.90. The largest absolute Gasteiger partial charge is 0.481 e. The van der Waals surface area contributed by atoms with Crippen molar-refractivity contribution in [1.82, 2.24) is 9.97 Å². The predicted molar refractivity (Wildman–Crippen MR) is 53.8 cm³/mol. The van der Waals surface area contributed by atoms with Crippen LogP contribution in [0.2, 0.25) is 0 Å². The molecule has 2 aromatic heterocycles. The maximum absolute atomic E-state index is 5.02. The number of nitrogens with zero attached hydrogens (tertiary/aromatic N) is 2. The summed E-state index contributed by atoms with van der Waals surface area (Å²) in [6.07, 6.45) is 3.49. The second-order valence-corrected chi connectivity index (χ2v) is 3.40. The molecule has 0 aliphatic heterocycles. The number of hydrogen-bond donors (Lipinski definition) is 0. The molecule has 0 aliphatic carbocycles. The molecule has 0 atom stereocenters. The summed E-state index contributed by atoms with van der Waals surface area (Å²) in [5.74, 6) is 0.611. The molecule has 2 rings (SSSR count). The number of halogens is 1. The summed E-state index contributed by atoms with van der Waals surface area (Å²) in [7, 11) is 1.60. The summed E-state index contributed by atoms with van der Waals surface area (Å²) in [6.45, 7) is 0. The lowest BCUT2D eigenvalue weighted by Gasteiger charge is -2.01. The minimum absolute atomic E-state index is 0.611. The maximum Gasteiger partial charge on any atom is 0.213 e. The monoisotopic (exact) mass is 238 g/mol. The van der Waals surface area contributed by atoms with Crippen molar-refractivity contribution in [2.45, 2.75) is 0 Å². The minimum atomic E-state index is 0.611. The van der Waals surface area contributed by atoms with Crippen LogP contribution in [0, 0.1) is 0 Å². The highest BCUT2D eigenvalue weighted by atomic mass is 79.9. The fourth-order valence-electron chi connectivity index (χ4n) is 1.11. The van der Waals surface area contributed by atoms with Crippen LogP contribution in [0.1, 0.15) is 0 Å². The number of aromatic nitrogens is 2. The van der Waals surface area contributed by atoms with Gasteiger partial charge in [-0.15, -0.1) is 0 Å². The molecule has 2 aromatic rings. The van der Waals surface area contributed by atoms with E-state index >= 15 is 0 Å². The molecule has 0 amide bonds. The van der Waals surface area contributed by atoms with Gasteiger partial charge in [0.15, 0.2) is 0 Å². The van der Waals surface area contributed by atoms with Gasteiger partial charge in [-0.3, -0.25) is 4.98 Å². The molecule has 0 bridgehead atoms. The normalized spacial score (nSPS) is 10.3. The lowest BCUT2D eigenvalue weighted by Crippen LogP contribution is -1.88. The first-order valence-electron chi connectivity index (χ1n) is 3.75. The van der Waals surface area contributed by atoms with Gasteiger partial charge in [0.2, 0.25) is 5.88 Å². The highest BCUT2D eigenvalue weighted by molar-refractivity contribution is 9.10.